The van der Waals surface area contributed by atoms with Gasteiger partial charge in [0.25, 0.3) is 5.91 Å². The number of carbonyl (C=O) groups is 2. The molecule has 0 aromatic carbocycles. The fourth-order valence-corrected chi connectivity index (χ4v) is 3.59. The minimum atomic E-state index is -0.187. The van der Waals surface area contributed by atoms with Gasteiger partial charge in [0.05, 0.1) is 0 Å². The second-order valence-electron chi connectivity index (χ2n) is 7.35. The van der Waals surface area contributed by atoms with Gasteiger partial charge in [-0.1, -0.05) is 33.1 Å². The van der Waals surface area contributed by atoms with Crippen molar-refractivity contribution in [1.82, 2.24) is 9.80 Å². The van der Waals surface area contributed by atoms with E-state index >= 15 is 0 Å². The molecule has 2 rings (SSSR count). The van der Waals surface area contributed by atoms with Crippen LogP contribution in [-0.2, 0) is 9.59 Å². The lowest BCUT2D eigenvalue weighted by Gasteiger charge is -2.42. The molecule has 0 spiro atoms. The monoisotopic (exact) mass is 310 g/mol. The number of carbonyl (C=O) groups excluding carboxylic acids is 2. The number of amides is 2. The van der Waals surface area contributed by atoms with E-state index in [0.29, 0.717) is 25.5 Å². The lowest BCUT2D eigenvalue weighted by molar-refractivity contribution is -0.416. The molecule has 2 aliphatic rings. The van der Waals surface area contributed by atoms with E-state index in [4.69, 9.17) is 0 Å². The minimum absolute atomic E-state index is 0.117. The van der Waals surface area contributed by atoms with Gasteiger partial charge in [0.2, 0.25) is 5.91 Å². The smallest absolute Gasteiger partial charge is 0.281 e. The van der Waals surface area contributed by atoms with Crippen LogP contribution in [0, 0.1) is 11.8 Å². The van der Waals surface area contributed by atoms with E-state index in [1.165, 1.54) is 19.3 Å². The molecule has 2 fully saturated rings. The van der Waals surface area contributed by atoms with Gasteiger partial charge in [-0.2, -0.15) is 0 Å². The van der Waals surface area contributed by atoms with Crippen molar-refractivity contribution in [3.8, 4) is 0 Å². The van der Waals surface area contributed by atoms with Gasteiger partial charge in [0.15, 0.2) is 6.04 Å². The lowest BCUT2D eigenvalue weighted by Crippen LogP contribution is -2.71. The van der Waals surface area contributed by atoms with E-state index in [-0.39, 0.29) is 29.8 Å². The van der Waals surface area contributed by atoms with Crippen molar-refractivity contribution in [3.05, 3.63) is 0 Å². The Morgan fingerprint density at radius 2 is 1.73 bits per heavy atom. The van der Waals surface area contributed by atoms with Crippen molar-refractivity contribution >= 4 is 11.8 Å². The second kappa shape index (κ2) is 7.44. The maximum absolute atomic E-state index is 12.7. The Bertz CT molecular complexity index is 405. The molecule has 1 saturated heterocycles. The van der Waals surface area contributed by atoms with Gasteiger partial charge in [-0.15, -0.1) is 0 Å². The Morgan fingerprint density at radius 1 is 1.09 bits per heavy atom. The van der Waals surface area contributed by atoms with Gasteiger partial charge >= 0.3 is 0 Å². The Labute approximate surface area is 134 Å². The summed E-state index contributed by atoms with van der Waals surface area (Å²) in [5.74, 6) is 0.917. The number of nitrogens with zero attached hydrogens (tertiary/aromatic N) is 2. The maximum Gasteiger partial charge on any atom is 0.281 e. The Kier molecular flexibility index (Phi) is 5.84. The summed E-state index contributed by atoms with van der Waals surface area (Å²) in [5.41, 5.74) is 3.99. The van der Waals surface area contributed by atoms with E-state index in [1.54, 1.807) is 0 Å². The van der Waals surface area contributed by atoms with Crippen LogP contribution in [0.1, 0.15) is 52.9 Å². The van der Waals surface area contributed by atoms with Gasteiger partial charge in [-0.05, 0) is 19.8 Å². The highest BCUT2D eigenvalue weighted by molar-refractivity contribution is 5.82. The van der Waals surface area contributed by atoms with Gasteiger partial charge in [-0.3, -0.25) is 9.59 Å². The summed E-state index contributed by atoms with van der Waals surface area (Å²) in [5, 5.41) is 0. The molecule has 2 atom stereocenters. The number of hydrogen-bond acceptors (Lipinski definition) is 2. The molecule has 2 amide bonds. The van der Waals surface area contributed by atoms with Crippen LogP contribution in [0.25, 0.3) is 0 Å². The summed E-state index contributed by atoms with van der Waals surface area (Å²) in [6, 6.07) is -0.0701. The van der Waals surface area contributed by atoms with Crippen molar-refractivity contribution in [2.24, 2.45) is 11.8 Å². The van der Waals surface area contributed by atoms with Crippen molar-refractivity contribution in [2.75, 3.05) is 19.6 Å². The van der Waals surface area contributed by atoms with Crippen LogP contribution in [-0.4, -0.2) is 53.3 Å². The molecule has 1 aliphatic carbocycles. The Morgan fingerprint density at radius 3 is 2.27 bits per heavy atom. The van der Waals surface area contributed by atoms with Crippen LogP contribution in [0.4, 0.5) is 0 Å². The van der Waals surface area contributed by atoms with Gasteiger partial charge in [0, 0.05) is 37.5 Å². The molecule has 0 aromatic rings. The van der Waals surface area contributed by atoms with Gasteiger partial charge < -0.3 is 15.5 Å². The molecule has 0 aromatic heterocycles. The summed E-state index contributed by atoms with van der Waals surface area (Å²) >= 11 is 0. The molecular formula is C17H32N3O2+. The lowest BCUT2D eigenvalue weighted by atomic mass is 9.87. The molecule has 126 valence electrons. The molecule has 5 heteroatoms. The number of rotatable bonds is 3. The van der Waals surface area contributed by atoms with E-state index in [9.17, 15) is 9.59 Å². The van der Waals surface area contributed by atoms with Crippen LogP contribution in [0.3, 0.4) is 0 Å². The summed E-state index contributed by atoms with van der Waals surface area (Å²) in [6.45, 7) is 8.10. The van der Waals surface area contributed by atoms with Crippen LogP contribution in [0.2, 0.25) is 0 Å². The molecule has 1 aliphatic heterocycles. The van der Waals surface area contributed by atoms with Crippen molar-refractivity contribution in [3.63, 3.8) is 0 Å². The van der Waals surface area contributed by atoms with Crippen LogP contribution >= 0.6 is 0 Å². The second-order valence-corrected chi connectivity index (χ2v) is 7.35. The van der Waals surface area contributed by atoms with E-state index in [1.807, 2.05) is 23.6 Å². The molecule has 1 saturated carbocycles. The van der Waals surface area contributed by atoms with Gasteiger partial charge in [0.1, 0.15) is 0 Å². The zero-order chi connectivity index (χ0) is 16.3. The highest BCUT2D eigenvalue weighted by Gasteiger charge is 2.36. The molecule has 0 bridgehead atoms. The Balaban J connectivity index is 1.92. The van der Waals surface area contributed by atoms with E-state index < -0.39 is 0 Å². The third kappa shape index (κ3) is 3.80. The highest BCUT2D eigenvalue weighted by atomic mass is 16.2. The average molecular weight is 310 g/mol. The standard InChI is InChI=1S/C17H31N3O2/c1-12(2)15(18)17(22)19-9-10-20(13(3)11-19)16(21)14-7-5-4-6-8-14/h12-15H,4-11,18H2,1-3H3/p+1/t13-,15-/m1/s1. The Hall–Kier alpha value is -1.10. The molecule has 22 heavy (non-hydrogen) atoms. The third-order valence-corrected chi connectivity index (χ3v) is 5.30. The molecule has 3 N–H and O–H groups in total. The number of hydrogen-bond donors (Lipinski definition) is 1. The van der Waals surface area contributed by atoms with Crippen molar-refractivity contribution in [1.29, 1.82) is 0 Å². The normalized spacial score (nSPS) is 25.4. The summed E-state index contributed by atoms with van der Waals surface area (Å²) in [4.78, 5) is 29.0. The first-order valence-corrected chi connectivity index (χ1v) is 8.84. The summed E-state index contributed by atoms with van der Waals surface area (Å²) in [6.07, 6.45) is 5.71. The number of piperazine rings is 1. The van der Waals surface area contributed by atoms with Crippen LogP contribution in [0.5, 0.6) is 0 Å². The average Bonchev–Trinajstić information content (AvgIpc) is 2.53. The van der Waals surface area contributed by atoms with Crippen LogP contribution < -0.4 is 5.73 Å². The topological polar surface area (TPSA) is 68.3 Å². The largest absolute Gasteiger partial charge is 0.347 e. The molecular weight excluding hydrogens is 278 g/mol. The maximum atomic E-state index is 12.7. The van der Waals surface area contributed by atoms with E-state index in [2.05, 4.69) is 12.7 Å². The number of quaternary nitrogens is 1. The zero-order valence-corrected chi connectivity index (χ0v) is 14.4. The van der Waals surface area contributed by atoms with Crippen molar-refractivity contribution in [2.45, 2.75) is 65.0 Å². The molecule has 0 radical (unpaired) electrons. The predicted molar refractivity (Wildman–Crippen MR) is 85.8 cm³/mol. The predicted octanol–water partition coefficient (Wildman–Crippen LogP) is 0.893. The fourth-order valence-electron chi connectivity index (χ4n) is 3.59. The first-order chi connectivity index (χ1) is 10.4. The molecule has 5 nitrogen and oxygen atoms in total. The molecule has 0 unspecified atom stereocenters. The molecule has 1 heterocycles. The zero-order valence-electron chi connectivity index (χ0n) is 14.4. The summed E-state index contributed by atoms with van der Waals surface area (Å²) < 4.78 is 0. The third-order valence-electron chi connectivity index (χ3n) is 5.30. The van der Waals surface area contributed by atoms with Crippen LogP contribution in [0.15, 0.2) is 0 Å². The van der Waals surface area contributed by atoms with E-state index in [0.717, 1.165) is 12.8 Å². The quantitative estimate of drug-likeness (QED) is 0.841. The highest BCUT2D eigenvalue weighted by Crippen LogP contribution is 2.27. The minimum Gasteiger partial charge on any atom is -0.347 e. The first-order valence-electron chi connectivity index (χ1n) is 8.84. The van der Waals surface area contributed by atoms with Gasteiger partial charge in [-0.25, -0.2) is 0 Å². The van der Waals surface area contributed by atoms with Crippen molar-refractivity contribution < 1.29 is 15.3 Å². The summed E-state index contributed by atoms with van der Waals surface area (Å²) in [7, 11) is 0. The fraction of sp³-hybridized carbons (Fsp3) is 0.882. The SMILES string of the molecule is CC(C)[C@@H]([NH3+])C(=O)N1CCN(C(=O)C2CCCCC2)[C@H](C)C1. The first kappa shape index (κ1) is 17.3.